The van der Waals surface area contributed by atoms with Gasteiger partial charge in [0.15, 0.2) is 0 Å². The van der Waals surface area contributed by atoms with Crippen molar-refractivity contribution in [3.05, 3.63) is 65.4 Å². The Balaban J connectivity index is 1.98. The molecule has 0 aliphatic rings. The summed E-state index contributed by atoms with van der Waals surface area (Å²) in [4.78, 5) is 16.1. The first kappa shape index (κ1) is 16.5. The topological polar surface area (TPSA) is 75.0 Å². The van der Waals surface area contributed by atoms with E-state index >= 15 is 0 Å². The van der Waals surface area contributed by atoms with Gasteiger partial charge in [-0.3, -0.25) is 4.98 Å². The van der Waals surface area contributed by atoms with Gasteiger partial charge in [0.25, 0.3) is 0 Å². The van der Waals surface area contributed by atoms with Crippen LogP contribution in [0.25, 0.3) is 10.9 Å². The van der Waals surface area contributed by atoms with Crippen molar-refractivity contribution >= 4 is 28.2 Å². The van der Waals surface area contributed by atoms with E-state index in [-0.39, 0.29) is 5.97 Å². The molecule has 0 radical (unpaired) electrons. The third-order valence-electron chi connectivity index (χ3n) is 3.81. The van der Waals surface area contributed by atoms with E-state index in [2.05, 4.69) is 16.4 Å². The highest BCUT2D eigenvalue weighted by Gasteiger charge is 2.11. The normalized spacial score (nSPS) is 10.3. The number of ether oxygens (including phenoxy) is 1. The van der Waals surface area contributed by atoms with Crippen LogP contribution in [-0.2, 0) is 4.74 Å². The number of aromatic nitrogens is 1. The maximum atomic E-state index is 11.7. The van der Waals surface area contributed by atoms with E-state index in [0.717, 1.165) is 22.2 Å². The first-order chi connectivity index (χ1) is 12.1. The molecule has 0 aliphatic carbocycles. The monoisotopic (exact) mass is 331 g/mol. The molecule has 25 heavy (non-hydrogen) atoms. The molecule has 5 nitrogen and oxygen atoms in total. The van der Waals surface area contributed by atoms with Gasteiger partial charge in [-0.2, -0.15) is 5.26 Å². The van der Waals surface area contributed by atoms with Crippen LogP contribution in [0, 0.1) is 18.3 Å². The summed E-state index contributed by atoms with van der Waals surface area (Å²) >= 11 is 0. The van der Waals surface area contributed by atoms with Crippen molar-refractivity contribution in [3.63, 3.8) is 0 Å². The Bertz CT molecular complexity index is 973. The zero-order valence-corrected chi connectivity index (χ0v) is 14.0. The Kier molecular flexibility index (Phi) is 4.62. The molecule has 0 bridgehead atoms. The lowest BCUT2D eigenvalue weighted by Gasteiger charge is -2.12. The van der Waals surface area contributed by atoms with Gasteiger partial charge in [-0.05, 0) is 50.2 Å². The van der Waals surface area contributed by atoms with Gasteiger partial charge in [-0.1, -0.05) is 11.6 Å². The molecular weight excluding hydrogens is 314 g/mol. The second-order valence-electron chi connectivity index (χ2n) is 5.60. The molecule has 0 saturated carbocycles. The van der Waals surface area contributed by atoms with Crippen LogP contribution in [-0.4, -0.2) is 17.6 Å². The van der Waals surface area contributed by atoms with E-state index in [1.54, 1.807) is 37.4 Å². The fraction of sp³-hybridized carbons (Fsp3) is 0.150. The van der Waals surface area contributed by atoms with Crippen molar-refractivity contribution in [1.82, 2.24) is 4.98 Å². The minimum atomic E-state index is -0.350. The molecular formula is C20H17N3O2. The van der Waals surface area contributed by atoms with E-state index in [1.165, 1.54) is 0 Å². The number of carbonyl (C=O) groups excluding carboxylic acids is 1. The van der Waals surface area contributed by atoms with E-state index in [0.29, 0.717) is 23.4 Å². The molecule has 3 aromatic rings. The molecule has 2 aromatic carbocycles. The Hall–Kier alpha value is -3.39. The standard InChI is InChI=1S/C20H17N3O2/c1-3-25-20(24)14-5-7-16(8-6-14)23-19-15(11-21)12-22-18-9-4-13(2)10-17(18)19/h4-10,12H,3H2,1-2H3,(H,22,23). The van der Waals surface area contributed by atoms with Crippen LogP contribution in [0.2, 0.25) is 0 Å². The van der Waals surface area contributed by atoms with Crippen LogP contribution in [0.4, 0.5) is 11.4 Å². The lowest BCUT2D eigenvalue weighted by molar-refractivity contribution is 0.0526. The van der Waals surface area contributed by atoms with Crippen LogP contribution in [0.5, 0.6) is 0 Å². The second-order valence-corrected chi connectivity index (χ2v) is 5.60. The number of esters is 1. The highest BCUT2D eigenvalue weighted by molar-refractivity contribution is 5.96. The number of anilines is 2. The summed E-state index contributed by atoms with van der Waals surface area (Å²) in [5.41, 5.74) is 4.34. The molecule has 3 rings (SSSR count). The number of nitriles is 1. The van der Waals surface area contributed by atoms with Crippen LogP contribution in [0.1, 0.15) is 28.4 Å². The number of fused-ring (bicyclic) bond motifs is 1. The van der Waals surface area contributed by atoms with Crippen molar-refractivity contribution in [2.75, 3.05) is 11.9 Å². The zero-order valence-electron chi connectivity index (χ0n) is 14.0. The molecule has 1 N–H and O–H groups in total. The minimum Gasteiger partial charge on any atom is -0.462 e. The number of pyridine rings is 1. The van der Waals surface area contributed by atoms with Crippen molar-refractivity contribution < 1.29 is 9.53 Å². The van der Waals surface area contributed by atoms with Crippen LogP contribution < -0.4 is 5.32 Å². The van der Waals surface area contributed by atoms with Crippen molar-refractivity contribution in [3.8, 4) is 6.07 Å². The maximum absolute atomic E-state index is 11.7. The van der Waals surface area contributed by atoms with Crippen LogP contribution in [0.15, 0.2) is 48.7 Å². The Morgan fingerprint density at radius 1 is 1.24 bits per heavy atom. The number of nitrogens with one attached hydrogen (secondary N) is 1. The SMILES string of the molecule is CCOC(=O)c1ccc(Nc2c(C#N)cnc3ccc(C)cc23)cc1. The van der Waals surface area contributed by atoms with Gasteiger partial charge in [-0.25, -0.2) is 4.79 Å². The molecule has 0 amide bonds. The van der Waals surface area contributed by atoms with Gasteiger partial charge in [0.2, 0.25) is 0 Å². The average molecular weight is 331 g/mol. The molecule has 0 unspecified atom stereocenters. The Morgan fingerprint density at radius 3 is 2.68 bits per heavy atom. The molecule has 1 heterocycles. The summed E-state index contributed by atoms with van der Waals surface area (Å²) < 4.78 is 4.98. The van der Waals surface area contributed by atoms with Gasteiger partial charge in [0.1, 0.15) is 6.07 Å². The smallest absolute Gasteiger partial charge is 0.338 e. The number of hydrogen-bond acceptors (Lipinski definition) is 5. The first-order valence-electron chi connectivity index (χ1n) is 7.96. The maximum Gasteiger partial charge on any atom is 0.338 e. The number of nitrogens with zero attached hydrogens (tertiary/aromatic N) is 2. The largest absolute Gasteiger partial charge is 0.462 e. The molecule has 124 valence electrons. The van der Waals surface area contributed by atoms with Crippen molar-refractivity contribution in [1.29, 1.82) is 5.26 Å². The lowest BCUT2D eigenvalue weighted by atomic mass is 10.1. The number of hydrogen-bond donors (Lipinski definition) is 1. The highest BCUT2D eigenvalue weighted by atomic mass is 16.5. The quantitative estimate of drug-likeness (QED) is 0.720. The molecule has 0 saturated heterocycles. The molecule has 0 aliphatic heterocycles. The summed E-state index contributed by atoms with van der Waals surface area (Å²) in [6.07, 6.45) is 1.56. The average Bonchev–Trinajstić information content (AvgIpc) is 2.63. The highest BCUT2D eigenvalue weighted by Crippen LogP contribution is 2.29. The molecule has 1 aromatic heterocycles. The number of aryl methyl sites for hydroxylation is 1. The van der Waals surface area contributed by atoms with Gasteiger partial charge in [0, 0.05) is 17.3 Å². The van der Waals surface area contributed by atoms with Crippen molar-refractivity contribution in [2.45, 2.75) is 13.8 Å². The summed E-state index contributed by atoms with van der Waals surface area (Å²) in [7, 11) is 0. The van der Waals surface area contributed by atoms with E-state index in [4.69, 9.17) is 4.74 Å². The van der Waals surface area contributed by atoms with E-state index in [9.17, 15) is 10.1 Å². The van der Waals surface area contributed by atoms with E-state index < -0.39 is 0 Å². The van der Waals surface area contributed by atoms with Gasteiger partial charge < -0.3 is 10.1 Å². The van der Waals surface area contributed by atoms with E-state index in [1.807, 2.05) is 25.1 Å². The zero-order chi connectivity index (χ0) is 17.8. The van der Waals surface area contributed by atoms with Gasteiger partial charge >= 0.3 is 5.97 Å². The molecule has 0 spiro atoms. The first-order valence-corrected chi connectivity index (χ1v) is 7.96. The second kappa shape index (κ2) is 7.02. The van der Waals surface area contributed by atoms with Gasteiger partial charge in [0.05, 0.1) is 28.9 Å². The number of carbonyl (C=O) groups is 1. The molecule has 0 fully saturated rings. The molecule has 0 atom stereocenters. The van der Waals surface area contributed by atoms with Gasteiger partial charge in [-0.15, -0.1) is 0 Å². The third kappa shape index (κ3) is 3.43. The number of rotatable bonds is 4. The van der Waals surface area contributed by atoms with Crippen LogP contribution >= 0.6 is 0 Å². The predicted octanol–water partition coefficient (Wildman–Crippen LogP) is 4.34. The summed E-state index contributed by atoms with van der Waals surface area (Å²) in [5.74, 6) is -0.350. The number of benzene rings is 2. The van der Waals surface area contributed by atoms with Crippen LogP contribution in [0.3, 0.4) is 0 Å². The lowest BCUT2D eigenvalue weighted by Crippen LogP contribution is -2.04. The molecule has 5 heteroatoms. The Morgan fingerprint density at radius 2 is 2.00 bits per heavy atom. The van der Waals surface area contributed by atoms with Crippen molar-refractivity contribution in [2.24, 2.45) is 0 Å². The summed E-state index contributed by atoms with van der Waals surface area (Å²) in [6, 6.07) is 15.1. The predicted molar refractivity (Wildman–Crippen MR) is 96.9 cm³/mol. The summed E-state index contributed by atoms with van der Waals surface area (Å²) in [5, 5.41) is 13.6. The minimum absolute atomic E-state index is 0.340. The Labute approximate surface area is 145 Å². The fourth-order valence-electron chi connectivity index (χ4n) is 2.57. The fourth-order valence-corrected chi connectivity index (χ4v) is 2.57. The third-order valence-corrected chi connectivity index (χ3v) is 3.81. The summed E-state index contributed by atoms with van der Waals surface area (Å²) in [6.45, 7) is 4.11.